The molecular weight excluding hydrogens is 865 g/mol. The molecule has 3 heterocycles. The fourth-order valence-electron chi connectivity index (χ4n) is 15.1. The standard InChI is InChI=1S/C48H78O18/c1-43(2)14-16-48(42(59)60)17-15-46(6)22(23(48)18-43)8-9-28-45(5)12-11-29(44(3,4)27(45)10-13-47(28,46)7)64-41-38(33(55)31(53)25(20-50)62-41)66-40-36(58)34(56)37(26(21-51)63-40)65-39-35(57)32(54)30(52)24(19-49)61-39/h8,23-41,49-58H,9-21H2,1-7H3,(H,59,60). The molecule has 23 unspecified atom stereocenters. The molecule has 8 aliphatic rings. The predicted octanol–water partition coefficient (Wildman–Crippen LogP) is 0.706. The lowest BCUT2D eigenvalue weighted by Crippen LogP contribution is -2.67. The van der Waals surface area contributed by atoms with Crippen molar-refractivity contribution in [3.8, 4) is 0 Å². The summed E-state index contributed by atoms with van der Waals surface area (Å²) in [5.74, 6) is -0.160. The van der Waals surface area contributed by atoms with Gasteiger partial charge in [-0.3, -0.25) is 4.79 Å². The summed E-state index contributed by atoms with van der Waals surface area (Å²) in [7, 11) is 0. The summed E-state index contributed by atoms with van der Waals surface area (Å²) in [6.07, 6.45) is -14.6. The second-order valence-electron chi connectivity index (χ2n) is 23.5. The molecule has 18 nitrogen and oxygen atoms in total. The van der Waals surface area contributed by atoms with Gasteiger partial charge in [-0.15, -0.1) is 0 Å². The van der Waals surface area contributed by atoms with Gasteiger partial charge in [0.2, 0.25) is 0 Å². The maximum Gasteiger partial charge on any atom is 0.310 e. The van der Waals surface area contributed by atoms with E-state index < -0.39 is 135 Å². The molecule has 0 aromatic heterocycles. The first kappa shape index (κ1) is 50.9. The van der Waals surface area contributed by atoms with E-state index in [0.717, 1.165) is 44.9 Å². The van der Waals surface area contributed by atoms with E-state index in [0.29, 0.717) is 25.2 Å². The lowest BCUT2D eigenvalue weighted by molar-refractivity contribution is -0.390. The van der Waals surface area contributed by atoms with Gasteiger partial charge < -0.3 is 84.6 Å². The molecule has 3 saturated heterocycles. The number of allylic oxidation sites excluding steroid dienone is 2. The fraction of sp³-hybridized carbons (Fsp3) is 0.938. The molecule has 0 aromatic rings. The van der Waals surface area contributed by atoms with Gasteiger partial charge in [0.05, 0.1) is 31.3 Å². The predicted molar refractivity (Wildman–Crippen MR) is 231 cm³/mol. The van der Waals surface area contributed by atoms with E-state index >= 15 is 0 Å². The maximum absolute atomic E-state index is 13.1. The molecule has 18 heteroatoms. The minimum absolute atomic E-state index is 0.00727. The Bertz CT molecular complexity index is 1790. The van der Waals surface area contributed by atoms with Crippen molar-refractivity contribution >= 4 is 5.97 Å². The van der Waals surface area contributed by atoms with Crippen LogP contribution in [0.25, 0.3) is 0 Å². The van der Waals surface area contributed by atoms with Gasteiger partial charge in [0.1, 0.15) is 73.2 Å². The number of aliphatic carboxylic acids is 1. The monoisotopic (exact) mass is 943 g/mol. The first-order valence-corrected chi connectivity index (χ1v) is 24.3. The smallest absolute Gasteiger partial charge is 0.310 e. The summed E-state index contributed by atoms with van der Waals surface area (Å²) in [4.78, 5) is 13.1. The topological polar surface area (TPSA) is 295 Å². The van der Waals surface area contributed by atoms with Gasteiger partial charge in [-0.2, -0.15) is 0 Å². The van der Waals surface area contributed by atoms with E-state index in [9.17, 15) is 61.0 Å². The molecular formula is C48H78O18. The van der Waals surface area contributed by atoms with Crippen molar-refractivity contribution in [3.63, 3.8) is 0 Å². The second kappa shape index (κ2) is 18.0. The Morgan fingerprint density at radius 1 is 0.606 bits per heavy atom. The number of rotatable bonds is 10. The van der Waals surface area contributed by atoms with Gasteiger partial charge in [0.15, 0.2) is 18.9 Å². The van der Waals surface area contributed by atoms with Crippen LogP contribution in [0.3, 0.4) is 0 Å². The molecule has 3 aliphatic heterocycles. The van der Waals surface area contributed by atoms with Gasteiger partial charge >= 0.3 is 5.97 Å². The molecule has 66 heavy (non-hydrogen) atoms. The third kappa shape index (κ3) is 7.87. The van der Waals surface area contributed by atoms with E-state index in [2.05, 4.69) is 54.5 Å². The summed E-state index contributed by atoms with van der Waals surface area (Å²) in [6.45, 7) is 14.0. The number of aliphatic hydroxyl groups is 10. The van der Waals surface area contributed by atoms with Gasteiger partial charge in [-0.1, -0.05) is 60.1 Å². The molecule has 23 atom stereocenters. The highest BCUT2D eigenvalue weighted by molar-refractivity contribution is 5.76. The highest BCUT2D eigenvalue weighted by Gasteiger charge is 2.70. The Hall–Kier alpha value is -1.43. The van der Waals surface area contributed by atoms with Gasteiger partial charge in [0, 0.05) is 0 Å². The van der Waals surface area contributed by atoms with Crippen molar-refractivity contribution in [2.45, 2.75) is 211 Å². The number of carboxylic acids is 1. The Kier molecular flexibility index (Phi) is 13.9. The molecule has 7 fully saturated rings. The number of fused-ring (bicyclic) bond motifs is 7. The molecule has 4 saturated carbocycles. The Morgan fingerprint density at radius 2 is 1.15 bits per heavy atom. The van der Waals surface area contributed by atoms with E-state index in [1.54, 1.807) is 0 Å². The number of carbonyl (C=O) groups is 1. The van der Waals surface area contributed by atoms with Crippen LogP contribution in [0.2, 0.25) is 0 Å². The molecule has 8 rings (SSSR count). The summed E-state index contributed by atoms with van der Waals surface area (Å²) in [5, 5.41) is 117. The normalized spacial score (nSPS) is 53.3. The van der Waals surface area contributed by atoms with Crippen molar-refractivity contribution < 1.29 is 89.4 Å². The Balaban J connectivity index is 1.01. The molecule has 378 valence electrons. The quantitative estimate of drug-likeness (QED) is 0.106. The largest absolute Gasteiger partial charge is 0.481 e. The third-order valence-corrected chi connectivity index (χ3v) is 19.4. The zero-order valence-electron chi connectivity index (χ0n) is 39.5. The number of hydrogen-bond donors (Lipinski definition) is 11. The van der Waals surface area contributed by atoms with Crippen LogP contribution in [0.15, 0.2) is 11.6 Å². The van der Waals surface area contributed by atoms with Crippen LogP contribution in [0.4, 0.5) is 0 Å². The van der Waals surface area contributed by atoms with Crippen molar-refractivity contribution in [3.05, 3.63) is 11.6 Å². The van der Waals surface area contributed by atoms with Crippen molar-refractivity contribution in [2.24, 2.45) is 50.2 Å². The molecule has 0 amide bonds. The molecule has 0 bridgehead atoms. The maximum atomic E-state index is 13.1. The van der Waals surface area contributed by atoms with Crippen LogP contribution in [0.5, 0.6) is 0 Å². The SMILES string of the molecule is CC1(C)CCC2(C(=O)O)CCC3(C)C(=CCC4C5(C)CCC(OC6OC(CO)C(O)C(O)C6OC6OC(CO)C(OC7OC(CO)C(O)C(O)C7O)C(O)C6O)C(C)(C)C5CCC43C)C2C1. The summed E-state index contributed by atoms with van der Waals surface area (Å²) < 4.78 is 36.1. The van der Waals surface area contributed by atoms with Crippen LogP contribution >= 0.6 is 0 Å². The minimum atomic E-state index is -1.94. The lowest BCUT2D eigenvalue weighted by atomic mass is 9.33. The summed E-state index contributed by atoms with van der Waals surface area (Å²) in [6, 6.07) is 0. The zero-order valence-corrected chi connectivity index (χ0v) is 39.5. The third-order valence-electron chi connectivity index (χ3n) is 19.4. The molecule has 5 aliphatic carbocycles. The number of hydrogen-bond acceptors (Lipinski definition) is 17. The van der Waals surface area contributed by atoms with E-state index in [1.807, 2.05) is 0 Å². The van der Waals surface area contributed by atoms with Crippen molar-refractivity contribution in [1.29, 1.82) is 0 Å². The van der Waals surface area contributed by atoms with Crippen molar-refractivity contribution in [1.82, 2.24) is 0 Å². The van der Waals surface area contributed by atoms with Crippen LogP contribution in [0.1, 0.15) is 113 Å². The van der Waals surface area contributed by atoms with E-state index in [1.165, 1.54) is 5.57 Å². The second-order valence-corrected chi connectivity index (χ2v) is 23.5. The number of aliphatic hydroxyl groups excluding tert-OH is 10. The number of ether oxygens (including phenoxy) is 6. The highest BCUT2D eigenvalue weighted by Crippen LogP contribution is 2.76. The van der Waals surface area contributed by atoms with E-state index in [-0.39, 0.29) is 33.5 Å². The fourth-order valence-corrected chi connectivity index (χ4v) is 15.1. The highest BCUT2D eigenvalue weighted by atomic mass is 16.8. The van der Waals surface area contributed by atoms with Crippen LogP contribution < -0.4 is 0 Å². The van der Waals surface area contributed by atoms with Gasteiger partial charge in [-0.25, -0.2) is 0 Å². The molecule has 11 N–H and O–H groups in total. The molecule has 0 radical (unpaired) electrons. The van der Waals surface area contributed by atoms with Crippen LogP contribution in [-0.4, -0.2) is 180 Å². The average Bonchev–Trinajstić information content (AvgIpc) is 3.26. The van der Waals surface area contributed by atoms with Crippen LogP contribution in [0, 0.1) is 50.2 Å². The molecule has 0 aromatic carbocycles. The summed E-state index contributed by atoms with van der Waals surface area (Å²) >= 11 is 0. The zero-order chi connectivity index (χ0) is 48.3. The van der Waals surface area contributed by atoms with Gasteiger partial charge in [0.25, 0.3) is 0 Å². The number of carboxylic acid groups (broad SMARTS) is 1. The van der Waals surface area contributed by atoms with E-state index in [4.69, 9.17) is 28.4 Å². The Labute approximate surface area is 387 Å². The first-order valence-electron chi connectivity index (χ1n) is 24.3. The summed E-state index contributed by atoms with van der Waals surface area (Å²) in [5.41, 5.74) is -0.124. The minimum Gasteiger partial charge on any atom is -0.481 e. The average molecular weight is 943 g/mol. The van der Waals surface area contributed by atoms with Crippen molar-refractivity contribution in [2.75, 3.05) is 19.8 Å². The first-order chi connectivity index (χ1) is 30.9. The lowest BCUT2D eigenvalue weighted by Gasteiger charge is -2.71. The van der Waals surface area contributed by atoms with Gasteiger partial charge in [-0.05, 0) is 109 Å². The molecule has 0 spiro atoms. The van der Waals surface area contributed by atoms with Crippen LogP contribution in [-0.2, 0) is 33.2 Å². The Morgan fingerprint density at radius 3 is 1.77 bits per heavy atom.